The van der Waals surface area contributed by atoms with Crippen molar-refractivity contribution in [1.29, 1.82) is 0 Å². The van der Waals surface area contributed by atoms with Gasteiger partial charge in [0.2, 0.25) is 5.92 Å². The number of alkyl halides is 2. The number of carbonyl (C=O) groups excluding carboxylic acids is 1. The van der Waals surface area contributed by atoms with E-state index in [1.807, 2.05) is 19.9 Å². The first-order valence-corrected chi connectivity index (χ1v) is 15.5. The number of hydrogen-bond donors (Lipinski definition) is 2. The topological polar surface area (TPSA) is 112 Å². The summed E-state index contributed by atoms with van der Waals surface area (Å²) in [6, 6.07) is 2.81. The molecule has 3 aromatic heterocycles. The van der Waals surface area contributed by atoms with Crippen molar-refractivity contribution in [2.75, 3.05) is 5.75 Å². The maximum Gasteiger partial charge on any atom is 0.270 e. The van der Waals surface area contributed by atoms with Crippen molar-refractivity contribution < 1.29 is 18.1 Å². The van der Waals surface area contributed by atoms with Gasteiger partial charge in [-0.15, -0.1) is 4.72 Å². The van der Waals surface area contributed by atoms with Crippen LogP contribution in [-0.4, -0.2) is 46.5 Å². The highest BCUT2D eigenvalue weighted by Gasteiger charge is 2.39. The molecule has 1 amide bonds. The summed E-state index contributed by atoms with van der Waals surface area (Å²) in [5, 5.41) is 11.9. The highest BCUT2D eigenvalue weighted by molar-refractivity contribution is 7.89. The van der Waals surface area contributed by atoms with Crippen molar-refractivity contribution in [3.63, 3.8) is 0 Å². The first-order chi connectivity index (χ1) is 19.0. The van der Waals surface area contributed by atoms with Crippen LogP contribution in [0.5, 0.6) is 0 Å². The molecule has 4 rings (SSSR count). The Morgan fingerprint density at radius 3 is 2.60 bits per heavy atom. The zero-order chi connectivity index (χ0) is 29.0. The van der Waals surface area contributed by atoms with E-state index in [0.29, 0.717) is 22.8 Å². The Kier molecular flexibility index (Phi) is 9.84. The fraction of sp³-hybridized carbons (Fsp3) is 0.643. The number of nitrogens with zero attached hydrogens (tertiary/aromatic N) is 5. The molecule has 9 nitrogen and oxygen atoms in total. The minimum absolute atomic E-state index is 0.0146. The molecule has 3 atom stereocenters. The first-order valence-electron chi connectivity index (χ1n) is 14.2. The molecule has 0 saturated heterocycles. The van der Waals surface area contributed by atoms with Crippen molar-refractivity contribution in [3.05, 3.63) is 47.7 Å². The number of aromatic nitrogens is 5. The van der Waals surface area contributed by atoms with E-state index in [-0.39, 0.29) is 55.5 Å². The minimum Gasteiger partial charge on any atom is -0.598 e. The van der Waals surface area contributed by atoms with E-state index in [2.05, 4.69) is 41.0 Å². The SMILES string of the molecule is CCCC[S+]([O-])NC(c1cnn2cc([C@@H](NC(=O)c3ccnn3C(C)C)C3CCC(F)(F)CC3)nc2c1)C(C)C. The number of nitrogens with one attached hydrogen (secondary N) is 2. The van der Waals surface area contributed by atoms with Crippen molar-refractivity contribution >= 4 is 22.9 Å². The number of imidazole rings is 1. The monoisotopic (exact) mass is 577 g/mol. The van der Waals surface area contributed by atoms with E-state index in [9.17, 15) is 18.1 Å². The lowest BCUT2D eigenvalue weighted by Crippen LogP contribution is -2.38. The van der Waals surface area contributed by atoms with E-state index in [4.69, 9.17) is 4.98 Å². The predicted molar refractivity (Wildman–Crippen MR) is 151 cm³/mol. The average molecular weight is 578 g/mol. The molecule has 220 valence electrons. The van der Waals surface area contributed by atoms with Gasteiger partial charge in [0.15, 0.2) is 5.65 Å². The number of fused-ring (bicyclic) bond motifs is 1. The summed E-state index contributed by atoms with van der Waals surface area (Å²) < 4.78 is 47.2. The number of halogens is 2. The molecule has 3 aromatic rings. The van der Waals surface area contributed by atoms with Crippen LogP contribution in [0.2, 0.25) is 0 Å². The summed E-state index contributed by atoms with van der Waals surface area (Å²) >= 11 is -1.16. The van der Waals surface area contributed by atoms with Crippen LogP contribution in [0.25, 0.3) is 5.65 Å². The Labute approximate surface area is 237 Å². The highest BCUT2D eigenvalue weighted by atomic mass is 32.2. The molecular formula is C28H41F2N7O2S. The molecule has 3 heterocycles. The van der Waals surface area contributed by atoms with E-state index < -0.39 is 23.3 Å². The third-order valence-electron chi connectivity index (χ3n) is 7.56. The molecule has 40 heavy (non-hydrogen) atoms. The van der Waals surface area contributed by atoms with Crippen LogP contribution in [-0.2, 0) is 11.4 Å². The minimum atomic E-state index is -2.69. The van der Waals surface area contributed by atoms with Gasteiger partial charge in [-0.1, -0.05) is 27.2 Å². The lowest BCUT2D eigenvalue weighted by atomic mass is 9.81. The summed E-state index contributed by atoms with van der Waals surface area (Å²) in [5.74, 6) is -2.47. The fourth-order valence-electron chi connectivity index (χ4n) is 5.24. The van der Waals surface area contributed by atoms with Gasteiger partial charge in [0.1, 0.15) is 11.4 Å². The molecule has 2 unspecified atom stereocenters. The maximum atomic E-state index is 14.0. The fourth-order valence-corrected chi connectivity index (χ4v) is 6.60. The Bertz CT molecular complexity index is 1270. The Morgan fingerprint density at radius 1 is 1.23 bits per heavy atom. The largest absolute Gasteiger partial charge is 0.598 e. The van der Waals surface area contributed by atoms with Gasteiger partial charge in [0, 0.05) is 36.4 Å². The average Bonchev–Trinajstić information content (AvgIpc) is 3.56. The number of amides is 1. The number of unbranched alkanes of at least 4 members (excludes halogenated alkanes) is 1. The molecular weight excluding hydrogens is 536 g/mol. The normalized spacial score (nSPS) is 18.4. The molecule has 1 fully saturated rings. The van der Waals surface area contributed by atoms with Crippen molar-refractivity contribution in [3.8, 4) is 0 Å². The van der Waals surface area contributed by atoms with Gasteiger partial charge >= 0.3 is 0 Å². The van der Waals surface area contributed by atoms with Crippen molar-refractivity contribution in [2.45, 2.75) is 97.2 Å². The smallest absolute Gasteiger partial charge is 0.270 e. The van der Waals surface area contributed by atoms with Crippen LogP contribution in [0, 0.1) is 11.8 Å². The second-order valence-corrected chi connectivity index (χ2v) is 12.7. The van der Waals surface area contributed by atoms with Gasteiger partial charge in [0.05, 0.1) is 30.2 Å². The van der Waals surface area contributed by atoms with Crippen molar-refractivity contribution in [1.82, 2.24) is 34.4 Å². The Balaban J connectivity index is 1.63. The van der Waals surface area contributed by atoms with E-state index >= 15 is 0 Å². The van der Waals surface area contributed by atoms with Gasteiger partial charge in [-0.2, -0.15) is 10.2 Å². The summed E-state index contributed by atoms with van der Waals surface area (Å²) in [7, 11) is 0. The van der Waals surface area contributed by atoms with Gasteiger partial charge < -0.3 is 9.87 Å². The zero-order valence-electron chi connectivity index (χ0n) is 23.9. The lowest BCUT2D eigenvalue weighted by molar-refractivity contribution is -0.0495. The third-order valence-corrected chi connectivity index (χ3v) is 8.73. The molecule has 12 heteroatoms. The van der Waals surface area contributed by atoms with Gasteiger partial charge in [0.25, 0.3) is 5.91 Å². The highest BCUT2D eigenvalue weighted by Crippen LogP contribution is 2.41. The number of carbonyl (C=O) groups is 1. The first kappa shape index (κ1) is 30.4. The number of rotatable bonds is 12. The van der Waals surface area contributed by atoms with Crippen LogP contribution in [0.4, 0.5) is 8.78 Å². The van der Waals surface area contributed by atoms with Crippen LogP contribution in [0.1, 0.15) is 113 Å². The summed E-state index contributed by atoms with van der Waals surface area (Å²) in [6.07, 6.45) is 7.03. The number of hydrogen-bond acceptors (Lipinski definition) is 6. The van der Waals surface area contributed by atoms with E-state index in [1.165, 1.54) is 0 Å². The van der Waals surface area contributed by atoms with E-state index in [1.54, 1.807) is 33.9 Å². The molecule has 2 N–H and O–H groups in total. The van der Waals surface area contributed by atoms with Gasteiger partial charge in [-0.25, -0.2) is 18.3 Å². The van der Waals surface area contributed by atoms with Crippen LogP contribution >= 0.6 is 0 Å². The summed E-state index contributed by atoms with van der Waals surface area (Å²) in [5.41, 5.74) is 2.42. The molecule has 0 bridgehead atoms. The van der Waals surface area contributed by atoms with Gasteiger partial charge in [-0.05, 0) is 62.6 Å². The molecule has 1 saturated carbocycles. The molecule has 0 aromatic carbocycles. The molecule has 0 radical (unpaired) electrons. The second kappa shape index (κ2) is 12.9. The standard InChI is InChI=1S/C28H41F2N7O2S/c1-6-7-14-40(39)35-25(18(2)3)21-15-24-33-22(17-36(24)32-16-21)26(20-8-11-28(29,30)12-9-20)34-27(38)23-10-13-31-37(23)19(4)5/h10,13,15-20,25-26,35H,6-9,11-12,14H2,1-5H3,(H,34,38)/t25?,26-,40?/m0/s1. The maximum absolute atomic E-state index is 14.0. The Hall–Kier alpha value is -2.57. The molecule has 1 aliphatic rings. The zero-order valence-corrected chi connectivity index (χ0v) is 24.8. The second-order valence-electron chi connectivity index (χ2n) is 11.4. The Morgan fingerprint density at radius 2 is 1.95 bits per heavy atom. The molecule has 0 aliphatic heterocycles. The molecule has 0 spiro atoms. The predicted octanol–water partition coefficient (Wildman–Crippen LogP) is 5.55. The van der Waals surface area contributed by atoms with Crippen LogP contribution < -0.4 is 10.0 Å². The third kappa shape index (κ3) is 7.19. The van der Waals surface area contributed by atoms with Crippen LogP contribution in [0.3, 0.4) is 0 Å². The summed E-state index contributed by atoms with van der Waals surface area (Å²) in [4.78, 5) is 18.2. The van der Waals surface area contributed by atoms with Crippen LogP contribution in [0.15, 0.2) is 30.7 Å². The van der Waals surface area contributed by atoms with Crippen molar-refractivity contribution in [2.24, 2.45) is 11.8 Å². The summed E-state index contributed by atoms with van der Waals surface area (Å²) in [6.45, 7) is 10.1. The quantitative estimate of drug-likeness (QED) is 0.273. The molecule has 1 aliphatic carbocycles. The van der Waals surface area contributed by atoms with Gasteiger partial charge in [-0.3, -0.25) is 9.48 Å². The van der Waals surface area contributed by atoms with E-state index in [0.717, 1.165) is 18.4 Å². The lowest BCUT2D eigenvalue weighted by Gasteiger charge is -2.33.